The van der Waals surface area contributed by atoms with Gasteiger partial charge in [0.15, 0.2) is 5.65 Å². The quantitative estimate of drug-likeness (QED) is 0.744. The molecule has 0 aliphatic carbocycles. The van der Waals surface area contributed by atoms with Gasteiger partial charge < -0.3 is 10.8 Å². The summed E-state index contributed by atoms with van der Waals surface area (Å²) in [6.07, 6.45) is 1.36. The van der Waals surface area contributed by atoms with E-state index < -0.39 is 5.82 Å². The van der Waals surface area contributed by atoms with E-state index in [1.807, 2.05) is 6.92 Å². The second kappa shape index (κ2) is 4.44. The fourth-order valence-electron chi connectivity index (χ4n) is 2.16. The molecule has 1 aromatic carbocycles. The van der Waals surface area contributed by atoms with Crippen LogP contribution < -0.4 is 5.73 Å². The second-order valence-electron chi connectivity index (χ2n) is 4.32. The van der Waals surface area contributed by atoms with Crippen molar-refractivity contribution in [1.82, 2.24) is 19.7 Å². The third-order valence-corrected chi connectivity index (χ3v) is 3.01. The predicted octanol–water partition coefficient (Wildman–Crippen LogP) is 1.94. The second-order valence-corrected chi connectivity index (χ2v) is 4.32. The number of aromatic nitrogens is 4. The van der Waals surface area contributed by atoms with Crippen LogP contribution in [0.15, 0.2) is 24.5 Å². The predicted molar refractivity (Wildman–Crippen MR) is 72.5 cm³/mol. The molecule has 102 valence electrons. The zero-order valence-electron chi connectivity index (χ0n) is 10.7. The third-order valence-electron chi connectivity index (χ3n) is 3.01. The number of nitrogen functional groups attached to an aromatic ring is 1. The number of hydrogen-bond donors (Lipinski definition) is 2. The average Bonchev–Trinajstić information content (AvgIpc) is 2.78. The van der Waals surface area contributed by atoms with Crippen LogP contribution in [0.25, 0.3) is 22.3 Å². The zero-order chi connectivity index (χ0) is 14.3. The average molecular weight is 273 g/mol. The molecule has 3 aromatic rings. The summed E-state index contributed by atoms with van der Waals surface area (Å²) in [7, 11) is 0. The molecule has 3 N–H and O–H groups in total. The minimum atomic E-state index is -0.547. The summed E-state index contributed by atoms with van der Waals surface area (Å²) in [5, 5.41) is 14.5. The van der Waals surface area contributed by atoms with E-state index in [1.54, 1.807) is 4.68 Å². The van der Waals surface area contributed by atoms with Crippen molar-refractivity contribution >= 4 is 16.9 Å². The summed E-state index contributed by atoms with van der Waals surface area (Å²) in [5.74, 6) is -0.447. The van der Waals surface area contributed by atoms with Crippen molar-refractivity contribution in [2.45, 2.75) is 13.5 Å². The zero-order valence-corrected chi connectivity index (χ0v) is 10.7. The van der Waals surface area contributed by atoms with Crippen molar-refractivity contribution < 1.29 is 9.50 Å². The number of benzene rings is 1. The number of nitrogens with two attached hydrogens (primary N) is 1. The first-order valence-corrected chi connectivity index (χ1v) is 6.07. The molecule has 0 fully saturated rings. The Morgan fingerprint density at radius 2 is 2.10 bits per heavy atom. The molecule has 2 aromatic heterocycles. The van der Waals surface area contributed by atoms with Crippen LogP contribution in [0.2, 0.25) is 0 Å². The van der Waals surface area contributed by atoms with Crippen LogP contribution in [0.3, 0.4) is 0 Å². The van der Waals surface area contributed by atoms with Gasteiger partial charge in [0.25, 0.3) is 0 Å². The van der Waals surface area contributed by atoms with Crippen molar-refractivity contribution in [1.29, 1.82) is 0 Å². The molecule has 0 aliphatic heterocycles. The van der Waals surface area contributed by atoms with Crippen LogP contribution in [0.4, 0.5) is 10.2 Å². The fourth-order valence-corrected chi connectivity index (χ4v) is 2.16. The van der Waals surface area contributed by atoms with Crippen LogP contribution in [0.5, 0.6) is 5.75 Å². The number of aryl methyl sites for hydroxylation is 1. The highest BCUT2D eigenvalue weighted by molar-refractivity contribution is 5.98. The SMILES string of the molecule is CCn1nc(-c2cc(O)cc(F)c2)c2c(N)ncnc21. The lowest BCUT2D eigenvalue weighted by atomic mass is 10.1. The normalized spacial score (nSPS) is 11.1. The van der Waals surface area contributed by atoms with E-state index in [9.17, 15) is 9.50 Å². The van der Waals surface area contributed by atoms with Gasteiger partial charge in [-0.1, -0.05) is 0 Å². The Morgan fingerprint density at radius 1 is 1.30 bits per heavy atom. The van der Waals surface area contributed by atoms with Crippen LogP contribution >= 0.6 is 0 Å². The molecule has 0 bridgehead atoms. The summed E-state index contributed by atoms with van der Waals surface area (Å²) in [6.45, 7) is 2.51. The van der Waals surface area contributed by atoms with Crippen LogP contribution in [0.1, 0.15) is 6.92 Å². The van der Waals surface area contributed by atoms with E-state index in [-0.39, 0.29) is 11.6 Å². The van der Waals surface area contributed by atoms with Crippen molar-refractivity contribution in [2.24, 2.45) is 0 Å². The van der Waals surface area contributed by atoms with Crippen LogP contribution in [0, 0.1) is 5.82 Å². The van der Waals surface area contributed by atoms with Gasteiger partial charge in [-0.15, -0.1) is 0 Å². The lowest BCUT2D eigenvalue weighted by Crippen LogP contribution is -1.98. The molecule has 2 heterocycles. The minimum Gasteiger partial charge on any atom is -0.508 e. The lowest BCUT2D eigenvalue weighted by Gasteiger charge is -2.01. The van der Waals surface area contributed by atoms with E-state index in [0.717, 1.165) is 6.07 Å². The molecule has 0 spiro atoms. The van der Waals surface area contributed by atoms with Crippen molar-refractivity contribution in [3.05, 3.63) is 30.3 Å². The molecule has 3 rings (SSSR count). The lowest BCUT2D eigenvalue weighted by molar-refractivity contribution is 0.469. The number of hydrogen-bond acceptors (Lipinski definition) is 5. The topological polar surface area (TPSA) is 89.8 Å². The van der Waals surface area contributed by atoms with Gasteiger partial charge in [-0.2, -0.15) is 5.10 Å². The van der Waals surface area contributed by atoms with Crippen LogP contribution in [-0.4, -0.2) is 24.9 Å². The first-order valence-electron chi connectivity index (χ1n) is 6.07. The number of fused-ring (bicyclic) bond motifs is 1. The fraction of sp³-hybridized carbons (Fsp3) is 0.154. The molecule has 0 aliphatic rings. The van der Waals surface area contributed by atoms with Gasteiger partial charge in [0.2, 0.25) is 0 Å². The van der Waals surface area contributed by atoms with Crippen molar-refractivity contribution in [3.63, 3.8) is 0 Å². The molecule has 7 heteroatoms. The van der Waals surface area contributed by atoms with E-state index >= 15 is 0 Å². The number of nitrogens with zero attached hydrogens (tertiary/aromatic N) is 4. The Labute approximate surface area is 113 Å². The first-order chi connectivity index (χ1) is 9.60. The van der Waals surface area contributed by atoms with Crippen molar-refractivity contribution in [3.8, 4) is 17.0 Å². The maximum atomic E-state index is 13.4. The number of halogens is 1. The third kappa shape index (κ3) is 1.83. The number of rotatable bonds is 2. The van der Waals surface area contributed by atoms with E-state index in [2.05, 4.69) is 15.1 Å². The molecule has 0 atom stereocenters. The van der Waals surface area contributed by atoms with Gasteiger partial charge in [-0.05, 0) is 19.1 Å². The van der Waals surface area contributed by atoms with E-state index in [1.165, 1.54) is 18.5 Å². The van der Waals surface area contributed by atoms with Gasteiger partial charge >= 0.3 is 0 Å². The van der Waals surface area contributed by atoms with E-state index in [0.29, 0.717) is 28.8 Å². The van der Waals surface area contributed by atoms with Gasteiger partial charge in [-0.3, -0.25) is 0 Å². The highest BCUT2D eigenvalue weighted by Gasteiger charge is 2.17. The molecular weight excluding hydrogens is 261 g/mol. The molecule has 6 nitrogen and oxygen atoms in total. The molecule has 0 saturated heterocycles. The number of phenolic OH excluding ortho intramolecular Hbond substituents is 1. The monoisotopic (exact) mass is 273 g/mol. The standard InChI is InChI=1S/C13H12FN5O/c1-2-19-13-10(12(15)16-6-17-13)11(18-19)7-3-8(14)5-9(20)4-7/h3-6,20H,2H2,1H3,(H2,15,16,17). The van der Waals surface area contributed by atoms with E-state index in [4.69, 9.17) is 5.73 Å². The summed E-state index contributed by atoms with van der Waals surface area (Å²) in [4.78, 5) is 8.10. The molecule has 0 saturated carbocycles. The smallest absolute Gasteiger partial charge is 0.163 e. The Balaban J connectivity index is 2.36. The Morgan fingerprint density at radius 3 is 2.80 bits per heavy atom. The van der Waals surface area contributed by atoms with Gasteiger partial charge in [-0.25, -0.2) is 19.0 Å². The van der Waals surface area contributed by atoms with Gasteiger partial charge in [0, 0.05) is 18.2 Å². The molecule has 0 unspecified atom stereocenters. The summed E-state index contributed by atoms with van der Waals surface area (Å²) in [6, 6.07) is 3.74. The summed E-state index contributed by atoms with van der Waals surface area (Å²) < 4.78 is 15.1. The highest BCUT2D eigenvalue weighted by Crippen LogP contribution is 2.32. The first kappa shape index (κ1) is 12.3. The molecule has 0 amide bonds. The van der Waals surface area contributed by atoms with Crippen molar-refractivity contribution in [2.75, 3.05) is 5.73 Å². The number of anilines is 1. The molecule has 0 radical (unpaired) electrons. The van der Waals surface area contributed by atoms with Crippen LogP contribution in [-0.2, 0) is 6.54 Å². The summed E-state index contributed by atoms with van der Waals surface area (Å²) >= 11 is 0. The maximum absolute atomic E-state index is 13.4. The maximum Gasteiger partial charge on any atom is 0.163 e. The number of aromatic hydroxyl groups is 1. The van der Waals surface area contributed by atoms with Gasteiger partial charge in [0.1, 0.15) is 29.4 Å². The summed E-state index contributed by atoms with van der Waals surface area (Å²) in [5.41, 5.74) is 7.35. The minimum absolute atomic E-state index is 0.172. The largest absolute Gasteiger partial charge is 0.508 e. The number of phenols is 1. The Bertz CT molecular complexity index is 779. The molecular formula is C13H12FN5O. The Hall–Kier alpha value is -2.70. The highest BCUT2D eigenvalue weighted by atomic mass is 19.1. The molecule has 20 heavy (non-hydrogen) atoms. The Kier molecular flexibility index (Phi) is 2.74. The van der Waals surface area contributed by atoms with Gasteiger partial charge in [0.05, 0.1) is 5.39 Å².